The summed E-state index contributed by atoms with van der Waals surface area (Å²) in [5.74, 6) is -4.77. The van der Waals surface area contributed by atoms with Gasteiger partial charge in [-0.1, -0.05) is 84.4 Å². The molecular weight excluding hydrogens is 356 g/mol. The molecule has 0 N–H and O–H groups in total. The minimum atomic E-state index is -2.50. The van der Waals surface area contributed by atoms with Gasteiger partial charge in [0.25, 0.3) is 0 Å². The Hall–Kier alpha value is -0.843. The lowest BCUT2D eigenvalue weighted by Gasteiger charge is -2.20. The first-order chi connectivity index (χ1) is 12.2. The molecule has 0 aliphatic heterocycles. The molecule has 5 heteroatoms. The molecule has 1 aromatic rings. The van der Waals surface area contributed by atoms with Crippen LogP contribution in [0.1, 0.15) is 76.7 Å². The van der Waals surface area contributed by atoms with E-state index in [0.29, 0.717) is 6.42 Å². The molecular formula is C21H34F4Si. The minimum absolute atomic E-state index is 0.0496. The van der Waals surface area contributed by atoms with Crippen molar-refractivity contribution in [2.24, 2.45) is 0 Å². The fourth-order valence-electron chi connectivity index (χ4n) is 3.34. The van der Waals surface area contributed by atoms with Gasteiger partial charge in [-0.25, -0.2) is 17.6 Å². The van der Waals surface area contributed by atoms with E-state index in [0.717, 1.165) is 19.3 Å². The molecule has 0 saturated heterocycles. The van der Waals surface area contributed by atoms with E-state index in [2.05, 4.69) is 6.92 Å². The van der Waals surface area contributed by atoms with Crippen LogP contribution >= 0.6 is 0 Å². The van der Waals surface area contributed by atoms with Gasteiger partial charge in [0, 0.05) is 10.8 Å². The molecule has 0 saturated carbocycles. The Labute approximate surface area is 157 Å². The first-order valence-corrected chi connectivity index (χ1v) is 13.6. The lowest BCUT2D eigenvalue weighted by atomic mass is 10.0. The van der Waals surface area contributed by atoms with Crippen molar-refractivity contribution >= 4 is 13.3 Å². The topological polar surface area (TPSA) is 0 Å². The van der Waals surface area contributed by atoms with Crippen LogP contribution in [0.2, 0.25) is 19.6 Å². The average molecular weight is 391 g/mol. The van der Waals surface area contributed by atoms with Crippen LogP contribution in [0.25, 0.3) is 0 Å². The molecule has 0 unspecified atom stereocenters. The van der Waals surface area contributed by atoms with Gasteiger partial charge in [0.05, 0.1) is 8.07 Å². The van der Waals surface area contributed by atoms with Crippen molar-refractivity contribution in [2.45, 2.75) is 97.2 Å². The monoisotopic (exact) mass is 390 g/mol. The Morgan fingerprint density at radius 3 is 1.35 bits per heavy atom. The number of unbranched alkanes of at least 4 members (excludes halogenated alkanes) is 9. The van der Waals surface area contributed by atoms with Crippen LogP contribution in [0.5, 0.6) is 0 Å². The summed E-state index contributed by atoms with van der Waals surface area (Å²) in [5, 5.41) is -0.376. The summed E-state index contributed by atoms with van der Waals surface area (Å²) in [4.78, 5) is 0. The first-order valence-electron chi connectivity index (χ1n) is 10.1. The van der Waals surface area contributed by atoms with Gasteiger partial charge < -0.3 is 0 Å². The van der Waals surface area contributed by atoms with Gasteiger partial charge in [-0.05, 0) is 12.8 Å². The smallest absolute Gasteiger partial charge is 0.165 e. The second-order valence-electron chi connectivity index (χ2n) is 8.29. The van der Waals surface area contributed by atoms with Gasteiger partial charge in [0.15, 0.2) is 23.3 Å². The van der Waals surface area contributed by atoms with Crippen LogP contribution in [0, 0.1) is 23.3 Å². The Balaban J connectivity index is 2.49. The summed E-state index contributed by atoms with van der Waals surface area (Å²) in [5.41, 5.74) is -0.429. The minimum Gasteiger partial charge on any atom is -0.204 e. The molecule has 0 nitrogen and oxygen atoms in total. The van der Waals surface area contributed by atoms with Crippen molar-refractivity contribution < 1.29 is 17.6 Å². The standard InChI is InChI=1S/C21H34F4Si/c1-5-6-7-8-9-10-11-12-13-14-15-16-17(22)19(24)21(26(2,3)4)20(25)18(16)23/h5-15H2,1-4H3. The zero-order chi connectivity index (χ0) is 19.7. The molecule has 0 atom stereocenters. The predicted molar refractivity (Wildman–Crippen MR) is 105 cm³/mol. The summed E-state index contributed by atoms with van der Waals surface area (Å²) in [6.07, 6.45) is 11.0. The van der Waals surface area contributed by atoms with E-state index in [-0.39, 0.29) is 11.6 Å². The molecule has 0 spiro atoms. The van der Waals surface area contributed by atoms with Gasteiger partial charge in [0.1, 0.15) is 0 Å². The maximum atomic E-state index is 14.3. The first kappa shape index (κ1) is 23.2. The molecule has 1 aromatic carbocycles. The number of rotatable bonds is 12. The third-order valence-corrected chi connectivity index (χ3v) is 6.82. The van der Waals surface area contributed by atoms with Crippen molar-refractivity contribution in [3.05, 3.63) is 28.8 Å². The van der Waals surface area contributed by atoms with Crippen LogP contribution in [0.4, 0.5) is 17.6 Å². The molecule has 0 aliphatic rings. The normalized spacial score (nSPS) is 12.0. The number of hydrogen-bond acceptors (Lipinski definition) is 0. The van der Waals surface area contributed by atoms with Gasteiger partial charge >= 0.3 is 0 Å². The summed E-state index contributed by atoms with van der Waals surface area (Å²) < 4.78 is 57.0. The Bertz CT molecular complexity index is 535. The summed E-state index contributed by atoms with van der Waals surface area (Å²) in [6, 6.07) is 0. The summed E-state index contributed by atoms with van der Waals surface area (Å²) in [6.45, 7) is 7.22. The summed E-state index contributed by atoms with van der Waals surface area (Å²) >= 11 is 0. The highest BCUT2D eigenvalue weighted by molar-refractivity contribution is 6.88. The molecule has 0 amide bonds. The van der Waals surface area contributed by atoms with Gasteiger partial charge in [-0.2, -0.15) is 0 Å². The summed E-state index contributed by atoms with van der Waals surface area (Å²) in [7, 11) is -2.50. The SMILES string of the molecule is CCCCCCCCCCCCc1c(F)c(F)c([Si](C)(C)C)c(F)c1F. The third-order valence-electron chi connectivity index (χ3n) is 4.88. The molecule has 0 bridgehead atoms. The van der Waals surface area contributed by atoms with Crippen LogP contribution < -0.4 is 5.19 Å². The van der Waals surface area contributed by atoms with E-state index >= 15 is 0 Å². The molecule has 0 fully saturated rings. The van der Waals surface area contributed by atoms with E-state index in [1.54, 1.807) is 19.6 Å². The highest BCUT2D eigenvalue weighted by Gasteiger charge is 2.32. The predicted octanol–water partition coefficient (Wildman–Crippen LogP) is 7.25. The van der Waals surface area contributed by atoms with Crippen LogP contribution in [-0.4, -0.2) is 8.07 Å². The van der Waals surface area contributed by atoms with Crippen molar-refractivity contribution in [1.29, 1.82) is 0 Å². The second kappa shape index (κ2) is 11.1. The van der Waals surface area contributed by atoms with Gasteiger partial charge in [-0.3, -0.25) is 0 Å². The number of benzene rings is 1. The average Bonchev–Trinajstić information content (AvgIpc) is 2.56. The molecule has 0 radical (unpaired) electrons. The quantitative estimate of drug-likeness (QED) is 0.153. The van der Waals surface area contributed by atoms with Crippen molar-refractivity contribution in [3.63, 3.8) is 0 Å². The highest BCUT2D eigenvalue weighted by atomic mass is 28.3. The highest BCUT2D eigenvalue weighted by Crippen LogP contribution is 2.23. The van der Waals surface area contributed by atoms with Crippen molar-refractivity contribution in [1.82, 2.24) is 0 Å². The molecule has 0 aromatic heterocycles. The van der Waals surface area contributed by atoms with Gasteiger partial charge in [0.2, 0.25) is 0 Å². The maximum absolute atomic E-state index is 14.3. The molecule has 26 heavy (non-hydrogen) atoms. The Morgan fingerprint density at radius 1 is 0.577 bits per heavy atom. The number of halogens is 4. The largest absolute Gasteiger partial charge is 0.204 e. The van der Waals surface area contributed by atoms with E-state index in [4.69, 9.17) is 0 Å². The van der Waals surface area contributed by atoms with E-state index in [9.17, 15) is 17.6 Å². The van der Waals surface area contributed by atoms with Crippen LogP contribution in [0.15, 0.2) is 0 Å². The van der Waals surface area contributed by atoms with Crippen molar-refractivity contribution in [2.75, 3.05) is 0 Å². The molecule has 1 rings (SSSR count). The second-order valence-corrected chi connectivity index (χ2v) is 13.3. The Kier molecular flexibility index (Phi) is 9.91. The van der Waals surface area contributed by atoms with Crippen LogP contribution in [0.3, 0.4) is 0 Å². The molecule has 0 heterocycles. The fourth-order valence-corrected chi connectivity index (χ4v) is 4.88. The maximum Gasteiger partial charge on any atom is 0.165 e. The third kappa shape index (κ3) is 6.71. The van der Waals surface area contributed by atoms with E-state index in [1.165, 1.54) is 38.5 Å². The number of hydrogen-bond donors (Lipinski definition) is 0. The fraction of sp³-hybridized carbons (Fsp3) is 0.714. The Morgan fingerprint density at radius 2 is 0.962 bits per heavy atom. The lowest BCUT2D eigenvalue weighted by Crippen LogP contribution is -2.44. The van der Waals surface area contributed by atoms with E-state index < -0.39 is 36.9 Å². The molecule has 0 aliphatic carbocycles. The zero-order valence-corrected chi connectivity index (χ0v) is 17.8. The zero-order valence-electron chi connectivity index (χ0n) is 16.8. The molecule has 150 valence electrons. The van der Waals surface area contributed by atoms with Crippen molar-refractivity contribution in [3.8, 4) is 0 Å². The van der Waals surface area contributed by atoms with Crippen LogP contribution in [-0.2, 0) is 6.42 Å². The van der Waals surface area contributed by atoms with Gasteiger partial charge in [-0.15, -0.1) is 0 Å². The van der Waals surface area contributed by atoms with E-state index in [1.807, 2.05) is 0 Å². The lowest BCUT2D eigenvalue weighted by molar-refractivity contribution is 0.443.